The summed E-state index contributed by atoms with van der Waals surface area (Å²) in [7, 11) is -3.80. The minimum atomic E-state index is -3.80. The Labute approximate surface area is 111 Å². The highest BCUT2D eigenvalue weighted by Crippen LogP contribution is 2.21. The van der Waals surface area contributed by atoms with Crippen LogP contribution in [-0.2, 0) is 14.8 Å². The van der Waals surface area contributed by atoms with Gasteiger partial charge in [-0.05, 0) is 24.6 Å². The van der Waals surface area contributed by atoms with E-state index in [1.807, 2.05) is 0 Å². The Bertz CT molecular complexity index is 600. The van der Waals surface area contributed by atoms with E-state index in [1.165, 1.54) is 12.1 Å². The molecule has 104 valence electrons. The van der Waals surface area contributed by atoms with Gasteiger partial charge >= 0.3 is 0 Å². The van der Waals surface area contributed by atoms with Crippen molar-refractivity contribution in [2.24, 2.45) is 5.14 Å². The number of nitrogens with two attached hydrogens (primary N) is 2. The summed E-state index contributed by atoms with van der Waals surface area (Å²) in [4.78, 5) is 10.9. The fourth-order valence-electron chi connectivity index (χ4n) is 1.99. The molecule has 0 bridgehead atoms. The van der Waals surface area contributed by atoms with Crippen molar-refractivity contribution in [2.45, 2.75) is 23.8 Å². The van der Waals surface area contributed by atoms with E-state index in [2.05, 4.69) is 10.6 Å². The van der Waals surface area contributed by atoms with Crippen LogP contribution in [0.1, 0.15) is 12.8 Å². The molecule has 19 heavy (non-hydrogen) atoms. The monoisotopic (exact) mass is 284 g/mol. The SMILES string of the molecule is Nc1cc(NCC2CCC(=O)N2)ccc1S(N)(=O)=O. The van der Waals surface area contributed by atoms with Gasteiger partial charge in [0.1, 0.15) is 4.90 Å². The van der Waals surface area contributed by atoms with Gasteiger partial charge in [-0.25, -0.2) is 13.6 Å². The number of carbonyl (C=O) groups is 1. The number of nitrogen functional groups attached to an aromatic ring is 1. The van der Waals surface area contributed by atoms with Crippen molar-refractivity contribution in [3.05, 3.63) is 18.2 Å². The second-order valence-corrected chi connectivity index (χ2v) is 6.01. The van der Waals surface area contributed by atoms with Crippen molar-refractivity contribution in [1.82, 2.24) is 5.32 Å². The van der Waals surface area contributed by atoms with E-state index in [0.717, 1.165) is 6.42 Å². The van der Waals surface area contributed by atoms with Crippen LogP contribution in [0.3, 0.4) is 0 Å². The summed E-state index contributed by atoms with van der Waals surface area (Å²) >= 11 is 0. The lowest BCUT2D eigenvalue weighted by Crippen LogP contribution is -2.31. The number of benzene rings is 1. The highest BCUT2D eigenvalue weighted by atomic mass is 32.2. The van der Waals surface area contributed by atoms with Gasteiger partial charge in [0.15, 0.2) is 0 Å². The highest BCUT2D eigenvalue weighted by Gasteiger charge is 2.20. The van der Waals surface area contributed by atoms with Crippen molar-refractivity contribution < 1.29 is 13.2 Å². The Kier molecular flexibility index (Phi) is 3.63. The van der Waals surface area contributed by atoms with E-state index in [4.69, 9.17) is 10.9 Å². The quantitative estimate of drug-likeness (QED) is 0.560. The Morgan fingerprint density at radius 1 is 1.42 bits per heavy atom. The molecule has 1 aliphatic heterocycles. The number of sulfonamides is 1. The number of hydrogen-bond donors (Lipinski definition) is 4. The van der Waals surface area contributed by atoms with Gasteiger partial charge in [-0.1, -0.05) is 0 Å². The van der Waals surface area contributed by atoms with Crippen molar-refractivity contribution in [2.75, 3.05) is 17.6 Å². The van der Waals surface area contributed by atoms with Crippen LogP contribution in [0.5, 0.6) is 0 Å². The highest BCUT2D eigenvalue weighted by molar-refractivity contribution is 7.89. The number of anilines is 2. The average Bonchev–Trinajstić information content (AvgIpc) is 2.71. The molecule has 8 heteroatoms. The lowest BCUT2D eigenvalue weighted by molar-refractivity contribution is -0.119. The molecular formula is C11H16N4O3S. The summed E-state index contributed by atoms with van der Waals surface area (Å²) in [6.07, 6.45) is 1.33. The van der Waals surface area contributed by atoms with Crippen LogP contribution in [0.25, 0.3) is 0 Å². The first kappa shape index (κ1) is 13.6. The van der Waals surface area contributed by atoms with Gasteiger partial charge < -0.3 is 16.4 Å². The van der Waals surface area contributed by atoms with Crippen molar-refractivity contribution in [3.63, 3.8) is 0 Å². The Morgan fingerprint density at radius 2 is 2.16 bits per heavy atom. The van der Waals surface area contributed by atoms with Gasteiger partial charge in [0.2, 0.25) is 15.9 Å². The zero-order chi connectivity index (χ0) is 14.0. The molecule has 1 aromatic rings. The summed E-state index contributed by atoms with van der Waals surface area (Å²) in [5, 5.41) is 10.9. The predicted molar refractivity (Wildman–Crippen MR) is 71.9 cm³/mol. The minimum Gasteiger partial charge on any atom is -0.398 e. The smallest absolute Gasteiger partial charge is 0.240 e. The minimum absolute atomic E-state index is 0.0517. The summed E-state index contributed by atoms with van der Waals surface area (Å²) in [5.74, 6) is 0.0517. The average molecular weight is 284 g/mol. The molecule has 1 aliphatic rings. The Morgan fingerprint density at radius 3 is 2.68 bits per heavy atom. The molecular weight excluding hydrogens is 268 g/mol. The fraction of sp³-hybridized carbons (Fsp3) is 0.364. The molecule has 1 amide bonds. The molecule has 0 radical (unpaired) electrons. The zero-order valence-corrected chi connectivity index (χ0v) is 11.0. The molecule has 1 saturated heterocycles. The molecule has 1 atom stereocenters. The second-order valence-electron chi connectivity index (χ2n) is 4.48. The number of nitrogens with one attached hydrogen (secondary N) is 2. The second kappa shape index (κ2) is 5.06. The number of hydrogen-bond acceptors (Lipinski definition) is 5. The van der Waals surface area contributed by atoms with Crippen LogP contribution in [0.4, 0.5) is 11.4 Å². The number of carbonyl (C=O) groups excluding carboxylic acids is 1. The molecule has 7 nitrogen and oxygen atoms in total. The maximum Gasteiger partial charge on any atom is 0.240 e. The van der Waals surface area contributed by atoms with E-state index in [9.17, 15) is 13.2 Å². The van der Waals surface area contributed by atoms with E-state index in [1.54, 1.807) is 6.07 Å². The van der Waals surface area contributed by atoms with E-state index < -0.39 is 10.0 Å². The van der Waals surface area contributed by atoms with Crippen LogP contribution in [0, 0.1) is 0 Å². The van der Waals surface area contributed by atoms with Gasteiger partial charge in [0, 0.05) is 24.7 Å². The van der Waals surface area contributed by atoms with Gasteiger partial charge in [0.05, 0.1) is 5.69 Å². The Balaban J connectivity index is 2.02. The summed E-state index contributed by atoms with van der Waals surface area (Å²) < 4.78 is 22.4. The number of rotatable bonds is 4. The zero-order valence-electron chi connectivity index (χ0n) is 10.2. The first-order valence-corrected chi connectivity index (χ1v) is 7.36. The molecule has 1 aromatic carbocycles. The topological polar surface area (TPSA) is 127 Å². The maximum absolute atomic E-state index is 11.2. The van der Waals surface area contributed by atoms with Gasteiger partial charge in [-0.15, -0.1) is 0 Å². The molecule has 1 unspecified atom stereocenters. The first-order valence-electron chi connectivity index (χ1n) is 5.82. The fourth-order valence-corrected chi connectivity index (χ4v) is 2.63. The standard InChI is InChI=1S/C11H16N4O3S/c12-9-5-7(1-3-10(9)19(13,17)18)14-6-8-2-4-11(16)15-8/h1,3,5,8,14H,2,4,6,12H2,(H,15,16)(H2,13,17,18). The third-order valence-corrected chi connectivity index (χ3v) is 3.94. The van der Waals surface area contributed by atoms with E-state index >= 15 is 0 Å². The summed E-state index contributed by atoms with van der Waals surface area (Å²) in [6.45, 7) is 0.569. The summed E-state index contributed by atoms with van der Waals surface area (Å²) in [6, 6.07) is 4.55. The number of primary sulfonamides is 1. The third-order valence-electron chi connectivity index (χ3n) is 2.95. The molecule has 0 aliphatic carbocycles. The van der Waals surface area contributed by atoms with E-state index in [0.29, 0.717) is 18.7 Å². The lowest BCUT2D eigenvalue weighted by Gasteiger charge is -2.13. The van der Waals surface area contributed by atoms with Crippen molar-refractivity contribution in [1.29, 1.82) is 0 Å². The summed E-state index contributed by atoms with van der Waals surface area (Å²) in [5.41, 5.74) is 6.43. The van der Waals surface area contributed by atoms with Gasteiger partial charge in [-0.2, -0.15) is 0 Å². The maximum atomic E-state index is 11.2. The van der Waals surface area contributed by atoms with Crippen LogP contribution >= 0.6 is 0 Å². The van der Waals surface area contributed by atoms with Crippen LogP contribution in [0.2, 0.25) is 0 Å². The lowest BCUT2D eigenvalue weighted by atomic mass is 10.2. The van der Waals surface area contributed by atoms with Gasteiger partial charge in [0.25, 0.3) is 0 Å². The molecule has 2 rings (SSSR count). The largest absolute Gasteiger partial charge is 0.398 e. The van der Waals surface area contributed by atoms with Crippen LogP contribution in [0.15, 0.2) is 23.1 Å². The van der Waals surface area contributed by atoms with E-state index in [-0.39, 0.29) is 22.5 Å². The molecule has 1 fully saturated rings. The van der Waals surface area contributed by atoms with Crippen molar-refractivity contribution >= 4 is 27.3 Å². The molecule has 1 heterocycles. The van der Waals surface area contributed by atoms with Crippen LogP contribution < -0.4 is 21.5 Å². The van der Waals surface area contributed by atoms with Crippen LogP contribution in [-0.4, -0.2) is 26.9 Å². The first-order chi connectivity index (χ1) is 8.86. The third kappa shape index (κ3) is 3.36. The molecule has 6 N–H and O–H groups in total. The molecule has 0 saturated carbocycles. The van der Waals surface area contributed by atoms with Crippen molar-refractivity contribution in [3.8, 4) is 0 Å². The van der Waals surface area contributed by atoms with Gasteiger partial charge in [-0.3, -0.25) is 4.79 Å². The molecule has 0 spiro atoms. The Hall–Kier alpha value is -1.80. The number of amides is 1. The normalized spacial score (nSPS) is 19.2. The predicted octanol–water partition coefficient (Wildman–Crippen LogP) is -0.393. The molecule has 0 aromatic heterocycles.